The summed E-state index contributed by atoms with van der Waals surface area (Å²) < 4.78 is 36.8. The number of carbonyl (C=O) groups excluding carboxylic acids is 1. The fourth-order valence-corrected chi connectivity index (χ4v) is 3.71. The fraction of sp³-hybridized carbons (Fsp3) is 0.438. The predicted octanol–water partition coefficient (Wildman–Crippen LogP) is 0.799. The number of benzene rings is 1. The molecule has 2 rings (SSSR count). The van der Waals surface area contributed by atoms with E-state index in [9.17, 15) is 18.0 Å². The number of aromatic amines is 1. The molecule has 0 saturated carbocycles. The highest BCUT2D eigenvalue weighted by Gasteiger charge is 2.34. The summed E-state index contributed by atoms with van der Waals surface area (Å²) in [5.41, 5.74) is -0.296. The van der Waals surface area contributed by atoms with Crippen molar-refractivity contribution in [2.24, 2.45) is 0 Å². The second kappa shape index (κ2) is 8.25. The van der Waals surface area contributed by atoms with E-state index in [1.165, 1.54) is 27.2 Å². The van der Waals surface area contributed by atoms with Gasteiger partial charge in [-0.2, -0.15) is 0 Å². The first kappa shape index (κ1) is 20.5. The molecule has 10 nitrogen and oxygen atoms in total. The van der Waals surface area contributed by atoms with Crippen molar-refractivity contribution in [3.63, 3.8) is 0 Å². The lowest BCUT2D eigenvalue weighted by Gasteiger charge is -2.14. The zero-order valence-electron chi connectivity index (χ0n) is 15.5. The summed E-state index contributed by atoms with van der Waals surface area (Å²) in [6, 6.07) is 4.65. The maximum Gasteiger partial charge on any atom is 0.344 e. The first-order chi connectivity index (χ1) is 12.8. The molecule has 2 aromatic rings. The zero-order valence-corrected chi connectivity index (χ0v) is 16.3. The Morgan fingerprint density at radius 3 is 2.56 bits per heavy atom. The Kier molecular flexibility index (Phi) is 6.26. The number of methoxy groups -OCH3 is 2. The Morgan fingerprint density at radius 2 is 1.96 bits per heavy atom. The van der Waals surface area contributed by atoms with Gasteiger partial charge >= 0.3 is 5.69 Å². The van der Waals surface area contributed by atoms with Gasteiger partial charge in [-0.1, -0.05) is 6.92 Å². The van der Waals surface area contributed by atoms with E-state index in [1.54, 1.807) is 19.1 Å². The molecular formula is C16H22N4O6S. The van der Waals surface area contributed by atoms with Crippen LogP contribution in [0.25, 0.3) is 0 Å². The zero-order chi connectivity index (χ0) is 20.2. The number of H-pyrrole nitrogens is 1. The van der Waals surface area contributed by atoms with Crippen LogP contribution in [0.4, 0.5) is 5.69 Å². The van der Waals surface area contributed by atoms with Crippen molar-refractivity contribution in [2.45, 2.75) is 37.2 Å². The maximum atomic E-state index is 12.7. The lowest BCUT2D eigenvalue weighted by Crippen LogP contribution is -2.35. The number of nitrogens with one attached hydrogen (secondary N) is 2. The highest BCUT2D eigenvalue weighted by atomic mass is 32.2. The van der Waals surface area contributed by atoms with Crippen LogP contribution in [-0.2, 0) is 21.2 Å². The van der Waals surface area contributed by atoms with Crippen LogP contribution in [0.1, 0.15) is 20.3 Å². The quantitative estimate of drug-likeness (QED) is 0.672. The number of aromatic nitrogens is 3. The van der Waals surface area contributed by atoms with Crippen LogP contribution in [0.3, 0.4) is 0 Å². The van der Waals surface area contributed by atoms with Crippen LogP contribution in [0.5, 0.6) is 11.5 Å². The SMILES string of the molecule is CCCn1c(S(=O)(=O)C(C)C(=O)Nc2ccc(OC)c(OC)c2)n[nH]c1=O. The number of hydrogen-bond donors (Lipinski definition) is 2. The van der Waals surface area contributed by atoms with Crippen molar-refractivity contribution in [3.05, 3.63) is 28.7 Å². The van der Waals surface area contributed by atoms with Gasteiger partial charge in [0.05, 0.1) is 14.2 Å². The molecule has 0 aliphatic heterocycles. The van der Waals surface area contributed by atoms with Crippen molar-refractivity contribution < 1.29 is 22.7 Å². The summed E-state index contributed by atoms with van der Waals surface area (Å²) in [5.74, 6) is 0.0897. The van der Waals surface area contributed by atoms with E-state index >= 15 is 0 Å². The number of anilines is 1. The van der Waals surface area contributed by atoms with Crippen LogP contribution in [0, 0.1) is 0 Å². The van der Waals surface area contributed by atoms with E-state index < -0.39 is 31.8 Å². The minimum atomic E-state index is -4.17. The Labute approximate surface area is 156 Å². The molecule has 11 heteroatoms. The molecule has 1 aromatic heterocycles. The summed E-state index contributed by atoms with van der Waals surface area (Å²) in [7, 11) is -1.24. The Morgan fingerprint density at radius 1 is 1.30 bits per heavy atom. The first-order valence-corrected chi connectivity index (χ1v) is 9.72. The van der Waals surface area contributed by atoms with E-state index in [2.05, 4.69) is 15.5 Å². The molecule has 1 unspecified atom stereocenters. The Hall–Kier alpha value is -2.82. The van der Waals surface area contributed by atoms with Crippen LogP contribution in [0.15, 0.2) is 28.2 Å². The predicted molar refractivity (Wildman–Crippen MR) is 98.0 cm³/mol. The van der Waals surface area contributed by atoms with Crippen molar-refractivity contribution in [1.29, 1.82) is 0 Å². The van der Waals surface area contributed by atoms with Crippen molar-refractivity contribution in [1.82, 2.24) is 14.8 Å². The van der Waals surface area contributed by atoms with E-state index in [0.29, 0.717) is 23.6 Å². The van der Waals surface area contributed by atoms with E-state index in [4.69, 9.17) is 9.47 Å². The van der Waals surface area contributed by atoms with Crippen LogP contribution < -0.4 is 20.5 Å². The molecule has 1 atom stereocenters. The van der Waals surface area contributed by atoms with Crippen molar-refractivity contribution >= 4 is 21.4 Å². The normalized spacial score (nSPS) is 12.4. The standard InChI is InChI=1S/C16H22N4O6S/c1-5-8-20-15(22)18-19-16(20)27(23,24)10(2)14(21)17-11-6-7-12(25-3)13(9-11)26-4/h6-7,9-10H,5,8H2,1-4H3,(H,17,21)(H,18,22). The largest absolute Gasteiger partial charge is 0.493 e. The average molecular weight is 398 g/mol. The van der Waals surface area contributed by atoms with Crippen molar-refractivity contribution in [2.75, 3.05) is 19.5 Å². The smallest absolute Gasteiger partial charge is 0.344 e. The van der Waals surface area contributed by atoms with Crippen LogP contribution in [-0.4, -0.2) is 48.6 Å². The number of rotatable bonds is 8. The summed E-state index contributed by atoms with van der Waals surface area (Å²) >= 11 is 0. The molecule has 0 fully saturated rings. The van der Waals surface area contributed by atoms with E-state index in [1.807, 2.05) is 0 Å². The molecule has 1 aromatic carbocycles. The van der Waals surface area contributed by atoms with Gasteiger partial charge in [0.1, 0.15) is 5.25 Å². The van der Waals surface area contributed by atoms with Crippen LogP contribution in [0.2, 0.25) is 0 Å². The van der Waals surface area contributed by atoms with Gasteiger partial charge in [0.2, 0.25) is 15.7 Å². The second-order valence-corrected chi connectivity index (χ2v) is 7.87. The minimum Gasteiger partial charge on any atom is -0.493 e. The van der Waals surface area contributed by atoms with Gasteiger partial charge < -0.3 is 14.8 Å². The Bertz CT molecular complexity index is 979. The maximum absolute atomic E-state index is 12.7. The molecular weight excluding hydrogens is 376 g/mol. The molecule has 27 heavy (non-hydrogen) atoms. The summed E-state index contributed by atoms with van der Waals surface area (Å²) in [6.45, 7) is 3.21. The van der Waals surface area contributed by atoms with E-state index in [-0.39, 0.29) is 6.54 Å². The molecule has 0 aliphatic rings. The lowest BCUT2D eigenvalue weighted by molar-refractivity contribution is -0.115. The van der Waals surface area contributed by atoms with Gasteiger partial charge in [-0.05, 0) is 25.5 Å². The molecule has 1 amide bonds. The third-order valence-corrected chi connectivity index (χ3v) is 5.88. The first-order valence-electron chi connectivity index (χ1n) is 8.18. The third-order valence-electron chi connectivity index (χ3n) is 3.91. The number of amides is 1. The molecule has 0 spiro atoms. The highest BCUT2D eigenvalue weighted by Crippen LogP contribution is 2.30. The molecule has 0 saturated heterocycles. The summed E-state index contributed by atoms with van der Waals surface area (Å²) in [4.78, 5) is 24.2. The average Bonchev–Trinajstić information content (AvgIpc) is 3.02. The molecule has 0 aliphatic carbocycles. The minimum absolute atomic E-state index is 0.175. The second-order valence-electron chi connectivity index (χ2n) is 5.71. The van der Waals surface area contributed by atoms with Gasteiger partial charge in [-0.3, -0.25) is 9.36 Å². The topological polar surface area (TPSA) is 132 Å². The van der Waals surface area contributed by atoms with Gasteiger partial charge in [-0.25, -0.2) is 18.3 Å². The summed E-state index contributed by atoms with van der Waals surface area (Å²) in [5, 5.41) is 6.31. The van der Waals surface area contributed by atoms with Crippen molar-refractivity contribution in [3.8, 4) is 11.5 Å². The van der Waals surface area contributed by atoms with Gasteiger partial charge in [0.15, 0.2) is 11.5 Å². The Balaban J connectivity index is 2.28. The van der Waals surface area contributed by atoms with Gasteiger partial charge in [0, 0.05) is 18.3 Å². The molecule has 148 valence electrons. The number of hydrogen-bond acceptors (Lipinski definition) is 7. The number of sulfone groups is 1. The molecule has 0 radical (unpaired) electrons. The van der Waals surface area contributed by atoms with Gasteiger partial charge in [-0.15, -0.1) is 5.10 Å². The number of carbonyl (C=O) groups is 1. The van der Waals surface area contributed by atoms with Gasteiger partial charge in [0.25, 0.3) is 5.16 Å². The molecule has 1 heterocycles. The van der Waals surface area contributed by atoms with Crippen LogP contribution >= 0.6 is 0 Å². The van der Waals surface area contributed by atoms with E-state index in [0.717, 1.165) is 4.57 Å². The number of nitrogens with zero attached hydrogens (tertiary/aromatic N) is 2. The molecule has 2 N–H and O–H groups in total. The highest BCUT2D eigenvalue weighted by molar-refractivity contribution is 7.92. The third kappa shape index (κ3) is 4.13. The lowest BCUT2D eigenvalue weighted by atomic mass is 10.2. The summed E-state index contributed by atoms with van der Waals surface area (Å²) in [6.07, 6.45) is 0.536. The molecule has 0 bridgehead atoms. The fourth-order valence-electron chi connectivity index (χ4n) is 2.40. The monoisotopic (exact) mass is 398 g/mol. The number of ether oxygens (including phenoxy) is 2.